The van der Waals surface area contributed by atoms with Gasteiger partial charge in [0.1, 0.15) is 23.0 Å². The SMILES string of the molecule is CCOc1c(Br)c(I)cc2c(N3CCC4(CC3)CN(C(=O)OC(C)(C)C)C4)nc(OC3CCN(CI)CC3)nc12. The summed E-state index contributed by atoms with van der Waals surface area (Å²) in [5, 5.41) is 0.975. The minimum Gasteiger partial charge on any atom is -0.490 e. The molecule has 3 saturated heterocycles. The molecule has 0 atom stereocenters. The minimum atomic E-state index is -0.476. The van der Waals surface area contributed by atoms with Gasteiger partial charge in [-0.3, -0.25) is 4.90 Å². The fraction of sp³-hybridized carbons (Fsp3) is 0.679. The molecule has 1 aromatic heterocycles. The van der Waals surface area contributed by atoms with Gasteiger partial charge in [0.15, 0.2) is 5.75 Å². The minimum absolute atomic E-state index is 0.103. The van der Waals surface area contributed by atoms with Gasteiger partial charge in [-0.1, -0.05) is 22.6 Å². The van der Waals surface area contributed by atoms with Crippen LogP contribution in [0.25, 0.3) is 10.9 Å². The molecule has 0 N–H and O–H groups in total. The predicted molar refractivity (Wildman–Crippen MR) is 177 cm³/mol. The first kappa shape index (κ1) is 30.6. The van der Waals surface area contributed by atoms with Crippen molar-refractivity contribution in [1.29, 1.82) is 0 Å². The smallest absolute Gasteiger partial charge is 0.410 e. The second-order valence-corrected chi connectivity index (χ2v) is 14.7. The number of carbonyl (C=O) groups is 1. The number of carbonyl (C=O) groups excluding carboxylic acids is 1. The van der Waals surface area contributed by atoms with Crippen LogP contribution in [0.3, 0.4) is 0 Å². The Morgan fingerprint density at radius 3 is 2.42 bits per heavy atom. The number of ether oxygens (including phenoxy) is 3. The topological polar surface area (TPSA) is 80.3 Å². The van der Waals surface area contributed by atoms with Crippen LogP contribution >= 0.6 is 61.1 Å². The van der Waals surface area contributed by atoms with Crippen molar-refractivity contribution in [1.82, 2.24) is 19.8 Å². The number of benzene rings is 1. The fourth-order valence-electron chi connectivity index (χ4n) is 5.74. The molecule has 1 spiro atoms. The van der Waals surface area contributed by atoms with Gasteiger partial charge in [-0.05, 0) is 98.0 Å². The van der Waals surface area contributed by atoms with E-state index in [0.717, 1.165) is 100 Å². The van der Waals surface area contributed by atoms with E-state index in [4.69, 9.17) is 24.2 Å². The van der Waals surface area contributed by atoms with Crippen molar-refractivity contribution in [2.45, 2.75) is 65.1 Å². The second kappa shape index (κ2) is 12.4. The summed E-state index contributed by atoms with van der Waals surface area (Å²) in [7, 11) is 0. The Bertz CT molecular complexity index is 1240. The summed E-state index contributed by atoms with van der Waals surface area (Å²) in [5.41, 5.74) is 0.450. The van der Waals surface area contributed by atoms with Crippen LogP contribution in [0.1, 0.15) is 53.4 Å². The van der Waals surface area contributed by atoms with Crippen LogP contribution in [-0.2, 0) is 4.74 Å². The summed E-state index contributed by atoms with van der Waals surface area (Å²) >= 11 is 8.49. The normalized spacial score (nSPS) is 20.1. The lowest BCUT2D eigenvalue weighted by atomic mass is 9.72. The van der Waals surface area contributed by atoms with Crippen molar-refractivity contribution in [3.63, 3.8) is 0 Å². The number of fused-ring (bicyclic) bond motifs is 1. The van der Waals surface area contributed by atoms with Crippen molar-refractivity contribution >= 4 is 83.9 Å². The Labute approximate surface area is 272 Å². The molecule has 3 aliphatic rings. The molecule has 0 aliphatic carbocycles. The number of hydrogen-bond donors (Lipinski definition) is 0. The monoisotopic (exact) mass is 841 g/mol. The van der Waals surface area contributed by atoms with Gasteiger partial charge in [-0.15, -0.1) is 0 Å². The zero-order chi connectivity index (χ0) is 28.7. The lowest BCUT2D eigenvalue weighted by molar-refractivity contribution is -0.0434. The van der Waals surface area contributed by atoms with Gasteiger partial charge in [0, 0.05) is 53.6 Å². The highest BCUT2D eigenvalue weighted by Gasteiger charge is 2.48. The molecule has 12 heteroatoms. The molecule has 0 unspecified atom stereocenters. The molecule has 1 amide bonds. The van der Waals surface area contributed by atoms with Gasteiger partial charge in [0.25, 0.3) is 0 Å². The molecule has 5 rings (SSSR count). The first-order chi connectivity index (χ1) is 19.0. The number of aromatic nitrogens is 2. The molecule has 3 fully saturated rings. The van der Waals surface area contributed by atoms with Crippen LogP contribution in [0.4, 0.5) is 10.6 Å². The van der Waals surface area contributed by atoms with Crippen LogP contribution in [-0.4, -0.2) is 88.0 Å². The number of anilines is 1. The standard InChI is InChI=1S/C28H38BrI2N5O4/c1-5-38-23-21(29)20(31)14-19-22(23)32-25(39-18-6-10-34(17-30)11-7-18)33-24(19)35-12-8-28(9-13-35)15-36(16-28)26(37)40-27(2,3)4/h14,18H,5-13,15-17H2,1-4H3. The third kappa shape index (κ3) is 6.69. The van der Waals surface area contributed by atoms with Crippen molar-refractivity contribution in [2.24, 2.45) is 5.41 Å². The summed E-state index contributed by atoms with van der Waals surface area (Å²) in [5.74, 6) is 1.63. The van der Waals surface area contributed by atoms with Crippen LogP contribution < -0.4 is 14.4 Å². The lowest BCUT2D eigenvalue weighted by Crippen LogP contribution is -2.62. The average molecular weight is 842 g/mol. The van der Waals surface area contributed by atoms with Crippen LogP contribution in [0.15, 0.2) is 10.5 Å². The number of rotatable bonds is 6. The molecule has 3 aliphatic heterocycles. The molecular weight excluding hydrogens is 804 g/mol. The summed E-state index contributed by atoms with van der Waals surface area (Å²) in [6, 6.07) is 2.56. The van der Waals surface area contributed by atoms with E-state index in [9.17, 15) is 4.79 Å². The highest BCUT2D eigenvalue weighted by atomic mass is 127. The van der Waals surface area contributed by atoms with E-state index in [-0.39, 0.29) is 17.6 Å². The van der Waals surface area contributed by atoms with E-state index in [1.165, 1.54) is 0 Å². The van der Waals surface area contributed by atoms with Crippen molar-refractivity contribution in [2.75, 3.05) is 55.3 Å². The first-order valence-corrected chi connectivity index (χ1v) is 17.4. The van der Waals surface area contributed by atoms with E-state index in [1.54, 1.807) is 0 Å². The number of alkyl halides is 1. The van der Waals surface area contributed by atoms with Crippen LogP contribution in [0, 0.1) is 8.99 Å². The molecule has 0 saturated carbocycles. The van der Waals surface area contributed by atoms with Gasteiger partial charge in [-0.25, -0.2) is 4.79 Å². The molecule has 9 nitrogen and oxygen atoms in total. The maximum absolute atomic E-state index is 12.5. The van der Waals surface area contributed by atoms with Gasteiger partial charge in [0.05, 0.1) is 15.6 Å². The largest absolute Gasteiger partial charge is 0.490 e. The average Bonchev–Trinajstić information content (AvgIpc) is 2.89. The molecule has 1 aromatic carbocycles. The Morgan fingerprint density at radius 2 is 1.82 bits per heavy atom. The number of halogens is 3. The molecule has 0 bridgehead atoms. The van der Waals surface area contributed by atoms with Gasteiger partial charge >= 0.3 is 12.1 Å². The Morgan fingerprint density at radius 1 is 1.15 bits per heavy atom. The quantitative estimate of drug-likeness (QED) is 0.186. The van der Waals surface area contributed by atoms with Crippen molar-refractivity contribution < 1.29 is 19.0 Å². The predicted octanol–water partition coefficient (Wildman–Crippen LogP) is 6.47. The number of hydrogen-bond acceptors (Lipinski definition) is 8. The van der Waals surface area contributed by atoms with Crippen molar-refractivity contribution in [3.05, 3.63) is 14.1 Å². The second-order valence-electron chi connectivity index (χ2n) is 12.0. The number of nitrogens with zero attached hydrogens (tertiary/aromatic N) is 5. The summed E-state index contributed by atoms with van der Waals surface area (Å²) in [4.78, 5) is 29.1. The van der Waals surface area contributed by atoms with E-state index >= 15 is 0 Å². The van der Waals surface area contributed by atoms with Crippen LogP contribution in [0.2, 0.25) is 0 Å². The number of piperidine rings is 2. The van der Waals surface area contributed by atoms with E-state index in [1.807, 2.05) is 32.6 Å². The molecule has 4 heterocycles. The third-order valence-corrected chi connectivity index (χ3v) is 11.2. The van der Waals surface area contributed by atoms with Gasteiger partial charge in [-0.2, -0.15) is 9.97 Å². The van der Waals surface area contributed by atoms with E-state index in [0.29, 0.717) is 12.6 Å². The third-order valence-electron chi connectivity index (χ3n) is 7.89. The molecule has 2 aromatic rings. The van der Waals surface area contributed by atoms with E-state index < -0.39 is 5.60 Å². The first-order valence-electron chi connectivity index (χ1n) is 14.0. The van der Waals surface area contributed by atoms with Gasteiger partial charge in [0.2, 0.25) is 0 Å². The fourth-order valence-corrected chi connectivity index (χ4v) is 7.40. The Hall–Kier alpha value is -0.870. The van der Waals surface area contributed by atoms with Crippen molar-refractivity contribution in [3.8, 4) is 11.8 Å². The Balaban J connectivity index is 1.38. The van der Waals surface area contributed by atoms with Gasteiger partial charge < -0.3 is 24.0 Å². The highest BCUT2D eigenvalue weighted by Crippen LogP contribution is 2.45. The van der Waals surface area contributed by atoms with Crippen LogP contribution in [0.5, 0.6) is 11.8 Å². The number of likely N-dealkylation sites (tertiary alicyclic amines) is 2. The number of amides is 1. The van der Waals surface area contributed by atoms with E-state index in [2.05, 4.69) is 77.0 Å². The lowest BCUT2D eigenvalue weighted by Gasteiger charge is -2.53. The maximum atomic E-state index is 12.5. The summed E-state index contributed by atoms with van der Waals surface area (Å²) < 4.78 is 21.1. The zero-order valence-electron chi connectivity index (χ0n) is 23.6. The summed E-state index contributed by atoms with van der Waals surface area (Å²) in [6.45, 7) is 13.5. The highest BCUT2D eigenvalue weighted by molar-refractivity contribution is 14.1. The zero-order valence-corrected chi connectivity index (χ0v) is 29.5. The molecule has 220 valence electrons. The molecule has 0 radical (unpaired) electrons. The molecular formula is C28H38BrI2N5O4. The summed E-state index contributed by atoms with van der Waals surface area (Å²) in [6.07, 6.45) is 3.82. The Kier molecular flexibility index (Phi) is 9.47. The molecule has 40 heavy (non-hydrogen) atoms. The maximum Gasteiger partial charge on any atom is 0.410 e.